The van der Waals surface area contributed by atoms with Crippen LogP contribution in [0, 0.1) is 6.92 Å². The highest BCUT2D eigenvalue weighted by Crippen LogP contribution is 2.22. The predicted molar refractivity (Wildman–Crippen MR) is 80.4 cm³/mol. The van der Waals surface area contributed by atoms with Gasteiger partial charge in [0.2, 0.25) is 0 Å². The molecule has 1 unspecified atom stereocenters. The van der Waals surface area contributed by atoms with Gasteiger partial charge in [-0.2, -0.15) is 0 Å². The maximum atomic E-state index is 12.4. The first-order chi connectivity index (χ1) is 9.90. The number of nitrogens with one attached hydrogen (secondary N) is 1. The molecule has 0 fully saturated rings. The molecule has 1 amide bonds. The van der Waals surface area contributed by atoms with Gasteiger partial charge in [0.1, 0.15) is 11.3 Å². The van der Waals surface area contributed by atoms with E-state index in [1.807, 2.05) is 6.92 Å². The number of H-pyrrole nitrogens is 1. The zero-order valence-electron chi connectivity index (χ0n) is 12.3. The van der Waals surface area contributed by atoms with E-state index < -0.39 is 0 Å². The third-order valence-electron chi connectivity index (χ3n) is 3.56. The van der Waals surface area contributed by atoms with Crippen LogP contribution in [-0.4, -0.2) is 27.9 Å². The van der Waals surface area contributed by atoms with Gasteiger partial charge in [0.05, 0.1) is 6.04 Å². The van der Waals surface area contributed by atoms with Gasteiger partial charge < -0.3 is 15.0 Å². The van der Waals surface area contributed by atoms with E-state index in [-0.39, 0.29) is 28.8 Å². The molecule has 110 valence electrons. The van der Waals surface area contributed by atoms with Crippen LogP contribution in [0.3, 0.4) is 0 Å². The molecule has 0 bridgehead atoms. The summed E-state index contributed by atoms with van der Waals surface area (Å²) >= 11 is 0. The third-order valence-corrected chi connectivity index (χ3v) is 3.56. The minimum Gasteiger partial charge on any atom is -0.508 e. The maximum Gasteiger partial charge on any atom is 0.260 e. The lowest BCUT2D eigenvalue weighted by Crippen LogP contribution is -2.33. The molecule has 1 heterocycles. The summed E-state index contributed by atoms with van der Waals surface area (Å²) in [5.41, 5.74) is 1.33. The SMILES string of the molecule is Cc1ccc(C(=O)N(C)C(C)c2ccc(O)cc2)c(=O)[nH]1. The van der Waals surface area contributed by atoms with Crippen molar-refractivity contribution in [2.24, 2.45) is 0 Å². The van der Waals surface area contributed by atoms with Crippen LogP contribution in [0.4, 0.5) is 0 Å². The number of rotatable bonds is 3. The minimum atomic E-state index is -0.384. The summed E-state index contributed by atoms with van der Waals surface area (Å²) in [4.78, 5) is 28.4. The Morgan fingerprint density at radius 1 is 1.19 bits per heavy atom. The summed E-state index contributed by atoms with van der Waals surface area (Å²) in [6.45, 7) is 3.63. The monoisotopic (exact) mass is 286 g/mol. The number of nitrogens with zero attached hydrogens (tertiary/aromatic N) is 1. The summed E-state index contributed by atoms with van der Waals surface area (Å²) in [5, 5.41) is 9.30. The number of aromatic nitrogens is 1. The molecule has 0 radical (unpaired) electrons. The summed E-state index contributed by atoms with van der Waals surface area (Å²) in [6.07, 6.45) is 0. The van der Waals surface area contributed by atoms with Gasteiger partial charge in [-0.15, -0.1) is 0 Å². The fourth-order valence-electron chi connectivity index (χ4n) is 2.08. The van der Waals surface area contributed by atoms with Gasteiger partial charge in [-0.05, 0) is 43.7 Å². The zero-order valence-corrected chi connectivity index (χ0v) is 12.3. The van der Waals surface area contributed by atoms with Crippen molar-refractivity contribution in [3.05, 3.63) is 63.6 Å². The number of benzene rings is 1. The Labute approximate surface area is 122 Å². The topological polar surface area (TPSA) is 73.4 Å². The number of carbonyl (C=O) groups is 1. The number of carbonyl (C=O) groups excluding carboxylic acids is 1. The molecule has 5 nitrogen and oxygen atoms in total. The Kier molecular flexibility index (Phi) is 4.12. The van der Waals surface area contributed by atoms with Gasteiger partial charge in [-0.25, -0.2) is 0 Å². The van der Waals surface area contributed by atoms with Crippen LogP contribution < -0.4 is 5.56 Å². The summed E-state index contributed by atoms with van der Waals surface area (Å²) in [7, 11) is 1.65. The van der Waals surface area contributed by atoms with Crippen molar-refractivity contribution in [1.82, 2.24) is 9.88 Å². The van der Waals surface area contributed by atoms with Crippen molar-refractivity contribution in [2.45, 2.75) is 19.9 Å². The number of hydrogen-bond acceptors (Lipinski definition) is 3. The van der Waals surface area contributed by atoms with Gasteiger partial charge in [0.15, 0.2) is 0 Å². The lowest BCUT2D eigenvalue weighted by molar-refractivity contribution is 0.0741. The Balaban J connectivity index is 2.26. The molecule has 0 aliphatic carbocycles. The van der Waals surface area contributed by atoms with Crippen molar-refractivity contribution in [1.29, 1.82) is 0 Å². The highest BCUT2D eigenvalue weighted by Gasteiger charge is 2.21. The fraction of sp³-hybridized carbons (Fsp3) is 0.250. The molecule has 2 rings (SSSR count). The van der Waals surface area contributed by atoms with Crippen LogP contribution in [0.2, 0.25) is 0 Å². The quantitative estimate of drug-likeness (QED) is 0.908. The summed E-state index contributed by atoms with van der Waals surface area (Å²) in [6, 6.07) is 9.68. The van der Waals surface area contributed by atoms with E-state index in [0.717, 1.165) is 5.56 Å². The molecule has 0 spiro atoms. The lowest BCUT2D eigenvalue weighted by atomic mass is 10.1. The Morgan fingerprint density at radius 2 is 1.81 bits per heavy atom. The van der Waals surface area contributed by atoms with Crippen LogP contribution in [0.15, 0.2) is 41.2 Å². The first-order valence-electron chi connectivity index (χ1n) is 6.66. The smallest absolute Gasteiger partial charge is 0.260 e. The number of aromatic hydroxyl groups is 1. The van der Waals surface area contributed by atoms with Crippen molar-refractivity contribution < 1.29 is 9.90 Å². The molecule has 2 aromatic rings. The van der Waals surface area contributed by atoms with E-state index in [9.17, 15) is 14.7 Å². The molecular formula is C16H18N2O3. The molecule has 1 aromatic heterocycles. The number of aryl methyl sites for hydroxylation is 1. The van der Waals surface area contributed by atoms with Gasteiger partial charge in [-0.3, -0.25) is 9.59 Å². The number of pyridine rings is 1. The highest BCUT2D eigenvalue weighted by atomic mass is 16.3. The first kappa shape index (κ1) is 14.8. The highest BCUT2D eigenvalue weighted by molar-refractivity contribution is 5.93. The van der Waals surface area contributed by atoms with Crippen molar-refractivity contribution in [3.8, 4) is 5.75 Å². The molecule has 0 aliphatic heterocycles. The van der Waals surface area contributed by atoms with E-state index in [2.05, 4.69) is 4.98 Å². The van der Waals surface area contributed by atoms with E-state index in [4.69, 9.17) is 0 Å². The van der Waals surface area contributed by atoms with Crippen molar-refractivity contribution in [2.75, 3.05) is 7.05 Å². The minimum absolute atomic E-state index is 0.119. The molecule has 1 atom stereocenters. The predicted octanol–water partition coefficient (Wildman–Crippen LogP) is 2.22. The molecule has 2 N–H and O–H groups in total. The summed E-state index contributed by atoms with van der Waals surface area (Å²) < 4.78 is 0. The van der Waals surface area contributed by atoms with E-state index >= 15 is 0 Å². The first-order valence-corrected chi connectivity index (χ1v) is 6.66. The number of phenolic OH excluding ortho intramolecular Hbond substituents is 1. The molecule has 21 heavy (non-hydrogen) atoms. The molecule has 0 aliphatic rings. The standard InChI is InChI=1S/C16H18N2O3/c1-10-4-9-14(15(20)17-10)16(21)18(3)11(2)12-5-7-13(19)8-6-12/h4-9,11,19H,1-3H3,(H,17,20). The van der Waals surface area contributed by atoms with Crippen LogP contribution in [0.1, 0.15) is 34.6 Å². The van der Waals surface area contributed by atoms with Gasteiger partial charge >= 0.3 is 0 Å². The Bertz CT molecular complexity index is 704. The average molecular weight is 286 g/mol. The molecule has 5 heteroatoms. The van der Waals surface area contributed by atoms with Crippen LogP contribution >= 0.6 is 0 Å². The van der Waals surface area contributed by atoms with Crippen LogP contribution in [-0.2, 0) is 0 Å². The average Bonchev–Trinajstić information content (AvgIpc) is 2.46. The van der Waals surface area contributed by atoms with E-state index in [0.29, 0.717) is 5.69 Å². The molecular weight excluding hydrogens is 268 g/mol. The van der Waals surface area contributed by atoms with Crippen molar-refractivity contribution in [3.63, 3.8) is 0 Å². The fourth-order valence-corrected chi connectivity index (χ4v) is 2.08. The molecule has 0 saturated heterocycles. The number of aromatic amines is 1. The summed E-state index contributed by atoms with van der Waals surface area (Å²) in [5.74, 6) is -0.160. The lowest BCUT2D eigenvalue weighted by Gasteiger charge is -2.25. The number of hydrogen-bond donors (Lipinski definition) is 2. The van der Waals surface area contributed by atoms with Crippen molar-refractivity contribution >= 4 is 5.91 Å². The van der Waals surface area contributed by atoms with Gasteiger partial charge in [-0.1, -0.05) is 12.1 Å². The third kappa shape index (κ3) is 3.13. The number of amides is 1. The largest absolute Gasteiger partial charge is 0.508 e. The van der Waals surface area contributed by atoms with E-state index in [1.54, 1.807) is 44.3 Å². The zero-order chi connectivity index (χ0) is 15.6. The number of phenols is 1. The van der Waals surface area contributed by atoms with Crippen LogP contribution in [0.25, 0.3) is 0 Å². The van der Waals surface area contributed by atoms with E-state index in [1.165, 1.54) is 11.0 Å². The Hall–Kier alpha value is -2.56. The second-order valence-electron chi connectivity index (χ2n) is 5.07. The molecule has 0 saturated carbocycles. The second-order valence-corrected chi connectivity index (χ2v) is 5.07. The molecule has 1 aromatic carbocycles. The maximum absolute atomic E-state index is 12.4. The van der Waals surface area contributed by atoms with Crippen LogP contribution in [0.5, 0.6) is 5.75 Å². The normalized spacial score (nSPS) is 12.0. The Morgan fingerprint density at radius 3 is 2.38 bits per heavy atom. The second kappa shape index (κ2) is 5.83. The van der Waals surface area contributed by atoms with Gasteiger partial charge in [0.25, 0.3) is 11.5 Å². The van der Waals surface area contributed by atoms with Gasteiger partial charge in [0, 0.05) is 12.7 Å².